The van der Waals surface area contributed by atoms with E-state index in [2.05, 4.69) is 53.7 Å². The fourth-order valence-electron chi connectivity index (χ4n) is 1.91. The van der Waals surface area contributed by atoms with Crippen molar-refractivity contribution in [2.24, 2.45) is 5.92 Å². The highest BCUT2D eigenvalue weighted by Crippen LogP contribution is 2.22. The Hall–Kier alpha value is -0.430. The summed E-state index contributed by atoms with van der Waals surface area (Å²) < 4.78 is 6.27. The first-order chi connectivity index (χ1) is 9.58. The van der Waals surface area contributed by atoms with Crippen LogP contribution in [0.15, 0.2) is 0 Å². The lowest BCUT2D eigenvalue weighted by atomic mass is 10.1. The molecule has 0 amide bonds. The van der Waals surface area contributed by atoms with Crippen LogP contribution in [0.4, 0.5) is 5.82 Å². The summed E-state index contributed by atoms with van der Waals surface area (Å²) in [6.07, 6.45) is 3.93. The van der Waals surface area contributed by atoms with Gasteiger partial charge in [-0.15, -0.1) is 0 Å². The smallest absolute Gasteiger partial charge is 0.143 e. The molecule has 0 unspecified atom stereocenters. The number of nitrogens with zero attached hydrogens (tertiary/aromatic N) is 2. The van der Waals surface area contributed by atoms with Crippen molar-refractivity contribution in [1.82, 2.24) is 9.97 Å². The molecular formula is C15H26IN3O. The molecule has 0 aromatic carbocycles. The summed E-state index contributed by atoms with van der Waals surface area (Å²) in [5, 5.41) is 3.42. The van der Waals surface area contributed by atoms with Crippen LogP contribution in [0.2, 0.25) is 0 Å². The van der Waals surface area contributed by atoms with Gasteiger partial charge < -0.3 is 10.1 Å². The molecule has 0 atom stereocenters. The minimum atomic E-state index is 0.601. The molecule has 1 aromatic rings. The first kappa shape index (κ1) is 17.6. The normalized spacial score (nSPS) is 11.1. The molecule has 1 heterocycles. The summed E-state index contributed by atoms with van der Waals surface area (Å²) in [7, 11) is 1.73. The van der Waals surface area contributed by atoms with Crippen molar-refractivity contribution < 1.29 is 4.74 Å². The second-order valence-corrected chi connectivity index (χ2v) is 6.45. The van der Waals surface area contributed by atoms with E-state index in [0.717, 1.165) is 50.5 Å². The van der Waals surface area contributed by atoms with Crippen LogP contribution in [-0.2, 0) is 17.6 Å². The van der Waals surface area contributed by atoms with Crippen LogP contribution in [0.5, 0.6) is 0 Å². The van der Waals surface area contributed by atoms with E-state index in [9.17, 15) is 0 Å². The van der Waals surface area contributed by atoms with Crippen molar-refractivity contribution in [1.29, 1.82) is 0 Å². The van der Waals surface area contributed by atoms with Crippen LogP contribution >= 0.6 is 22.6 Å². The number of ether oxygens (including phenoxy) is 1. The average molecular weight is 391 g/mol. The van der Waals surface area contributed by atoms with Crippen molar-refractivity contribution in [2.45, 2.75) is 46.5 Å². The van der Waals surface area contributed by atoms with Crippen molar-refractivity contribution in [3.63, 3.8) is 0 Å². The van der Waals surface area contributed by atoms with Crippen LogP contribution in [0, 0.1) is 9.49 Å². The van der Waals surface area contributed by atoms with Crippen molar-refractivity contribution in [3.8, 4) is 0 Å². The first-order valence-electron chi connectivity index (χ1n) is 7.36. The zero-order valence-corrected chi connectivity index (χ0v) is 15.2. The lowest BCUT2D eigenvalue weighted by Crippen LogP contribution is -2.12. The maximum atomic E-state index is 5.10. The first-order valence-corrected chi connectivity index (χ1v) is 8.44. The third-order valence-electron chi connectivity index (χ3n) is 2.86. The molecule has 1 N–H and O–H groups in total. The Morgan fingerprint density at radius 1 is 1.30 bits per heavy atom. The van der Waals surface area contributed by atoms with Gasteiger partial charge in [0.1, 0.15) is 11.6 Å². The molecule has 0 saturated heterocycles. The number of hydrogen-bond donors (Lipinski definition) is 1. The quantitative estimate of drug-likeness (QED) is 0.515. The zero-order valence-electron chi connectivity index (χ0n) is 13.0. The Balaban J connectivity index is 2.92. The zero-order chi connectivity index (χ0) is 15.0. The van der Waals surface area contributed by atoms with E-state index in [4.69, 9.17) is 9.72 Å². The fraction of sp³-hybridized carbons (Fsp3) is 0.733. The lowest BCUT2D eigenvalue weighted by Gasteiger charge is -2.14. The molecule has 0 spiro atoms. The third-order valence-corrected chi connectivity index (χ3v) is 3.99. The fourth-order valence-corrected chi connectivity index (χ4v) is 2.57. The van der Waals surface area contributed by atoms with Crippen molar-refractivity contribution >= 4 is 28.4 Å². The van der Waals surface area contributed by atoms with Gasteiger partial charge in [-0.2, -0.15) is 0 Å². The highest BCUT2D eigenvalue weighted by molar-refractivity contribution is 14.1. The number of halogens is 1. The maximum Gasteiger partial charge on any atom is 0.143 e. The molecule has 114 valence electrons. The van der Waals surface area contributed by atoms with Gasteiger partial charge in [0.2, 0.25) is 0 Å². The van der Waals surface area contributed by atoms with Crippen LogP contribution < -0.4 is 5.32 Å². The molecule has 0 radical (unpaired) electrons. The molecule has 0 aliphatic rings. The highest BCUT2D eigenvalue weighted by Gasteiger charge is 2.13. The second-order valence-electron chi connectivity index (χ2n) is 5.37. The number of methoxy groups -OCH3 is 1. The molecule has 0 saturated carbocycles. The van der Waals surface area contributed by atoms with Gasteiger partial charge in [-0.05, 0) is 47.8 Å². The van der Waals surface area contributed by atoms with Crippen LogP contribution in [-0.4, -0.2) is 30.2 Å². The summed E-state index contributed by atoms with van der Waals surface area (Å²) in [4.78, 5) is 9.40. The Bertz CT molecular complexity index is 410. The van der Waals surface area contributed by atoms with Gasteiger partial charge in [0.15, 0.2) is 0 Å². The van der Waals surface area contributed by atoms with Crippen molar-refractivity contribution in [3.05, 3.63) is 15.1 Å². The van der Waals surface area contributed by atoms with E-state index in [0.29, 0.717) is 5.92 Å². The number of hydrogen-bond acceptors (Lipinski definition) is 4. The molecule has 0 fully saturated rings. The van der Waals surface area contributed by atoms with E-state index in [1.54, 1.807) is 7.11 Å². The molecule has 20 heavy (non-hydrogen) atoms. The Morgan fingerprint density at radius 2 is 2.05 bits per heavy atom. The van der Waals surface area contributed by atoms with Crippen molar-refractivity contribution in [2.75, 3.05) is 25.6 Å². The average Bonchev–Trinajstić information content (AvgIpc) is 2.40. The summed E-state index contributed by atoms with van der Waals surface area (Å²) >= 11 is 2.36. The van der Waals surface area contributed by atoms with Gasteiger partial charge in [-0.25, -0.2) is 9.97 Å². The topological polar surface area (TPSA) is 47.0 Å². The van der Waals surface area contributed by atoms with Gasteiger partial charge in [-0.3, -0.25) is 0 Å². The van der Waals surface area contributed by atoms with Gasteiger partial charge in [0, 0.05) is 26.7 Å². The molecule has 0 bridgehead atoms. The number of aryl methyl sites for hydroxylation is 1. The summed E-state index contributed by atoms with van der Waals surface area (Å²) in [5.74, 6) is 2.52. The molecule has 4 nitrogen and oxygen atoms in total. The van der Waals surface area contributed by atoms with Crippen LogP contribution in [0.3, 0.4) is 0 Å². The van der Waals surface area contributed by atoms with Crippen LogP contribution in [0.25, 0.3) is 0 Å². The maximum absolute atomic E-state index is 5.10. The minimum Gasteiger partial charge on any atom is -0.385 e. The Morgan fingerprint density at radius 3 is 2.65 bits per heavy atom. The van der Waals surface area contributed by atoms with Gasteiger partial charge in [0.05, 0.1) is 9.26 Å². The van der Waals surface area contributed by atoms with Gasteiger partial charge in [0.25, 0.3) is 0 Å². The minimum absolute atomic E-state index is 0.601. The van der Waals surface area contributed by atoms with E-state index < -0.39 is 0 Å². The molecular weight excluding hydrogens is 365 g/mol. The molecule has 0 aliphatic carbocycles. The Kier molecular flexibility index (Phi) is 8.37. The third kappa shape index (κ3) is 5.91. The van der Waals surface area contributed by atoms with Crippen LogP contribution in [0.1, 0.15) is 45.1 Å². The van der Waals surface area contributed by atoms with Gasteiger partial charge in [-0.1, -0.05) is 20.8 Å². The number of anilines is 1. The summed E-state index contributed by atoms with van der Waals surface area (Å²) in [5.41, 5.74) is 1.17. The molecule has 5 heteroatoms. The SMILES string of the molecule is CCCNc1nc(CCCOC)nc(CC(C)C)c1I. The second kappa shape index (κ2) is 9.50. The predicted octanol–water partition coefficient (Wildman–Crippen LogP) is 3.68. The largest absolute Gasteiger partial charge is 0.385 e. The standard InChI is InChI=1S/C15H26IN3O/c1-5-8-17-15-14(16)12(10-11(2)3)18-13(19-15)7-6-9-20-4/h11H,5-10H2,1-4H3,(H,17,18,19). The lowest BCUT2D eigenvalue weighted by molar-refractivity contribution is 0.194. The number of nitrogens with one attached hydrogen (secondary N) is 1. The molecule has 1 aromatic heterocycles. The number of aromatic nitrogens is 2. The monoisotopic (exact) mass is 391 g/mol. The number of rotatable bonds is 9. The van der Waals surface area contributed by atoms with E-state index >= 15 is 0 Å². The Labute approximate surface area is 136 Å². The van der Waals surface area contributed by atoms with E-state index in [1.807, 2.05) is 0 Å². The highest BCUT2D eigenvalue weighted by atomic mass is 127. The van der Waals surface area contributed by atoms with E-state index in [1.165, 1.54) is 9.26 Å². The summed E-state index contributed by atoms with van der Waals surface area (Å²) in [6, 6.07) is 0. The molecule has 0 aliphatic heterocycles. The van der Waals surface area contributed by atoms with E-state index in [-0.39, 0.29) is 0 Å². The molecule has 1 rings (SSSR count). The predicted molar refractivity (Wildman–Crippen MR) is 92.3 cm³/mol. The summed E-state index contributed by atoms with van der Waals surface area (Å²) in [6.45, 7) is 8.32. The van der Waals surface area contributed by atoms with Gasteiger partial charge >= 0.3 is 0 Å².